The lowest BCUT2D eigenvalue weighted by Gasteiger charge is -2.12. The summed E-state index contributed by atoms with van der Waals surface area (Å²) in [6.45, 7) is 3.81. The monoisotopic (exact) mass is 380 g/mol. The summed E-state index contributed by atoms with van der Waals surface area (Å²) >= 11 is 1.48. The fourth-order valence-electron chi connectivity index (χ4n) is 2.61. The highest BCUT2D eigenvalue weighted by Crippen LogP contribution is 2.32. The number of pyridine rings is 1. The van der Waals surface area contributed by atoms with Crippen LogP contribution in [0.25, 0.3) is 0 Å². The summed E-state index contributed by atoms with van der Waals surface area (Å²) in [7, 11) is 0. The number of benzene rings is 1. The van der Waals surface area contributed by atoms with Gasteiger partial charge >= 0.3 is 0 Å². The highest BCUT2D eigenvalue weighted by molar-refractivity contribution is 7.99. The Morgan fingerprint density at radius 1 is 1.22 bits per heavy atom. The molecule has 3 rings (SSSR count). The van der Waals surface area contributed by atoms with Crippen LogP contribution in [0.2, 0.25) is 0 Å². The van der Waals surface area contributed by atoms with Crippen LogP contribution in [0.1, 0.15) is 29.0 Å². The molecule has 1 aromatic carbocycles. The Hall–Kier alpha value is -2.93. The van der Waals surface area contributed by atoms with Gasteiger partial charge in [0.05, 0.1) is 18.3 Å². The first kappa shape index (κ1) is 18.8. The van der Waals surface area contributed by atoms with Crippen LogP contribution in [0.5, 0.6) is 0 Å². The van der Waals surface area contributed by atoms with Gasteiger partial charge in [0.2, 0.25) is 5.91 Å². The Morgan fingerprint density at radius 3 is 2.67 bits per heavy atom. The largest absolute Gasteiger partial charge is 0.324 e. The van der Waals surface area contributed by atoms with Gasteiger partial charge in [0.1, 0.15) is 0 Å². The number of carbonyl (C=O) groups is 1. The molecule has 0 aliphatic carbocycles. The zero-order valence-electron chi connectivity index (χ0n) is 15.1. The zero-order valence-corrected chi connectivity index (χ0v) is 15.9. The van der Waals surface area contributed by atoms with E-state index >= 15 is 0 Å². The molecule has 0 aliphatic rings. The molecule has 1 amide bonds. The number of aromatic amines is 1. The van der Waals surface area contributed by atoms with Gasteiger partial charge in [-0.2, -0.15) is 0 Å². The molecule has 2 heterocycles. The van der Waals surface area contributed by atoms with Crippen LogP contribution in [0.4, 0.5) is 5.69 Å². The Bertz CT molecular complexity index is 974. The van der Waals surface area contributed by atoms with E-state index in [4.69, 9.17) is 0 Å². The van der Waals surface area contributed by atoms with E-state index in [0.29, 0.717) is 22.1 Å². The zero-order chi connectivity index (χ0) is 19.2. The van der Waals surface area contributed by atoms with Gasteiger partial charge < -0.3 is 10.3 Å². The standard InChI is InChI=1S/C20H20N4O2S/c1-13-17(11-18(25)23-16-9-6-10-21-12-16)19(26)24-20(22-13)27-14(2)15-7-4-3-5-8-15/h3-10,12,14H,11H2,1-2H3,(H,23,25)(H,22,24,26). The maximum atomic E-state index is 12.5. The molecule has 1 unspecified atom stereocenters. The predicted octanol–water partition coefficient (Wildman–Crippen LogP) is 3.51. The minimum absolute atomic E-state index is 0.0394. The molecule has 2 N–H and O–H groups in total. The van der Waals surface area contributed by atoms with Gasteiger partial charge in [-0.15, -0.1) is 0 Å². The van der Waals surface area contributed by atoms with E-state index in [1.165, 1.54) is 11.8 Å². The van der Waals surface area contributed by atoms with Crippen LogP contribution in [-0.2, 0) is 11.2 Å². The highest BCUT2D eigenvalue weighted by atomic mass is 32.2. The van der Waals surface area contributed by atoms with Crippen molar-refractivity contribution in [3.05, 3.63) is 82.0 Å². The predicted molar refractivity (Wildman–Crippen MR) is 107 cm³/mol. The molecule has 0 aliphatic heterocycles. The third kappa shape index (κ3) is 5.04. The van der Waals surface area contributed by atoms with Gasteiger partial charge in [-0.05, 0) is 31.5 Å². The summed E-state index contributed by atoms with van der Waals surface area (Å²) in [5.41, 5.74) is 2.39. The van der Waals surface area contributed by atoms with E-state index in [0.717, 1.165) is 5.56 Å². The Kier molecular flexibility index (Phi) is 6.03. The van der Waals surface area contributed by atoms with E-state index in [1.807, 2.05) is 30.3 Å². The maximum absolute atomic E-state index is 12.5. The maximum Gasteiger partial charge on any atom is 0.255 e. The van der Waals surface area contributed by atoms with Crippen molar-refractivity contribution in [3.63, 3.8) is 0 Å². The minimum Gasteiger partial charge on any atom is -0.324 e. The number of anilines is 1. The quantitative estimate of drug-likeness (QED) is 0.505. The molecule has 0 saturated carbocycles. The molecule has 27 heavy (non-hydrogen) atoms. The Labute approximate surface area is 161 Å². The first-order chi connectivity index (χ1) is 13.0. The van der Waals surface area contributed by atoms with Crippen LogP contribution in [-0.4, -0.2) is 20.9 Å². The molecule has 0 spiro atoms. The summed E-state index contributed by atoms with van der Waals surface area (Å²) in [6, 6.07) is 13.5. The summed E-state index contributed by atoms with van der Waals surface area (Å²) in [6.07, 6.45) is 3.14. The number of hydrogen-bond donors (Lipinski definition) is 2. The average Bonchev–Trinajstić information content (AvgIpc) is 2.66. The van der Waals surface area contributed by atoms with Crippen LogP contribution in [0, 0.1) is 6.92 Å². The first-order valence-electron chi connectivity index (χ1n) is 8.54. The van der Waals surface area contributed by atoms with Crippen molar-refractivity contribution in [2.24, 2.45) is 0 Å². The molecular formula is C20H20N4O2S. The first-order valence-corrected chi connectivity index (χ1v) is 9.42. The van der Waals surface area contributed by atoms with Crippen molar-refractivity contribution in [1.82, 2.24) is 15.0 Å². The second kappa shape index (κ2) is 8.64. The third-order valence-corrected chi connectivity index (χ3v) is 5.08. The second-order valence-electron chi connectivity index (χ2n) is 6.07. The summed E-state index contributed by atoms with van der Waals surface area (Å²) in [5.74, 6) is -0.281. The van der Waals surface area contributed by atoms with E-state index in [2.05, 4.69) is 27.2 Å². The molecular weight excluding hydrogens is 360 g/mol. The van der Waals surface area contributed by atoms with Gasteiger partial charge in [0.25, 0.3) is 5.56 Å². The number of thioether (sulfide) groups is 1. The summed E-state index contributed by atoms with van der Waals surface area (Å²) in [4.78, 5) is 35.9. The molecule has 0 bridgehead atoms. The number of amides is 1. The number of nitrogens with zero attached hydrogens (tertiary/aromatic N) is 2. The van der Waals surface area contributed by atoms with Crippen molar-refractivity contribution in [2.45, 2.75) is 30.7 Å². The van der Waals surface area contributed by atoms with Crippen molar-refractivity contribution in [3.8, 4) is 0 Å². The Balaban J connectivity index is 1.71. The normalized spacial score (nSPS) is 11.8. The number of hydrogen-bond acceptors (Lipinski definition) is 5. The molecule has 0 fully saturated rings. The van der Waals surface area contributed by atoms with Crippen LogP contribution < -0.4 is 10.9 Å². The minimum atomic E-state index is -0.286. The van der Waals surface area contributed by atoms with Gasteiger partial charge in [-0.3, -0.25) is 14.6 Å². The average molecular weight is 380 g/mol. The number of nitrogens with one attached hydrogen (secondary N) is 2. The number of rotatable bonds is 6. The van der Waals surface area contributed by atoms with Gasteiger partial charge in [-0.1, -0.05) is 42.1 Å². The summed E-state index contributed by atoms with van der Waals surface area (Å²) in [5, 5.41) is 3.42. The SMILES string of the molecule is Cc1nc(SC(C)c2ccccc2)[nH]c(=O)c1CC(=O)Nc1cccnc1. The van der Waals surface area contributed by atoms with Crippen LogP contribution >= 0.6 is 11.8 Å². The van der Waals surface area contributed by atoms with Crippen molar-refractivity contribution >= 4 is 23.4 Å². The highest BCUT2D eigenvalue weighted by Gasteiger charge is 2.15. The van der Waals surface area contributed by atoms with Crippen molar-refractivity contribution in [1.29, 1.82) is 0 Å². The number of aryl methyl sites for hydroxylation is 1. The number of H-pyrrole nitrogens is 1. The van der Waals surface area contributed by atoms with E-state index in [1.54, 1.807) is 31.5 Å². The van der Waals surface area contributed by atoms with Crippen molar-refractivity contribution in [2.75, 3.05) is 5.32 Å². The second-order valence-corrected chi connectivity index (χ2v) is 7.40. The van der Waals surface area contributed by atoms with Gasteiger partial charge in [0.15, 0.2) is 5.16 Å². The fourth-order valence-corrected chi connectivity index (χ4v) is 3.58. The lowest BCUT2D eigenvalue weighted by atomic mass is 10.1. The molecule has 0 radical (unpaired) electrons. The van der Waals surface area contributed by atoms with Gasteiger partial charge in [-0.25, -0.2) is 4.98 Å². The van der Waals surface area contributed by atoms with Gasteiger partial charge in [0, 0.05) is 22.7 Å². The van der Waals surface area contributed by atoms with E-state index < -0.39 is 0 Å². The molecule has 6 nitrogen and oxygen atoms in total. The number of aromatic nitrogens is 3. The lowest BCUT2D eigenvalue weighted by molar-refractivity contribution is -0.115. The molecule has 1 atom stereocenters. The van der Waals surface area contributed by atoms with E-state index in [-0.39, 0.29) is 23.1 Å². The van der Waals surface area contributed by atoms with E-state index in [9.17, 15) is 9.59 Å². The topological polar surface area (TPSA) is 87.7 Å². The van der Waals surface area contributed by atoms with Crippen molar-refractivity contribution < 1.29 is 4.79 Å². The van der Waals surface area contributed by atoms with Crippen LogP contribution in [0.3, 0.4) is 0 Å². The lowest BCUT2D eigenvalue weighted by Crippen LogP contribution is -2.23. The number of carbonyl (C=O) groups excluding carboxylic acids is 1. The summed E-state index contributed by atoms with van der Waals surface area (Å²) < 4.78 is 0. The third-order valence-electron chi connectivity index (χ3n) is 4.04. The smallest absolute Gasteiger partial charge is 0.255 e. The molecule has 138 valence electrons. The molecule has 3 aromatic rings. The molecule has 7 heteroatoms. The molecule has 0 saturated heterocycles. The van der Waals surface area contributed by atoms with Crippen LogP contribution in [0.15, 0.2) is 64.8 Å². The molecule has 2 aromatic heterocycles. The Morgan fingerprint density at radius 2 is 2.00 bits per heavy atom. The fraction of sp³-hybridized carbons (Fsp3) is 0.200.